The van der Waals surface area contributed by atoms with Crippen molar-refractivity contribution in [2.75, 3.05) is 13.2 Å². The monoisotopic (exact) mass is 375 g/mol. The summed E-state index contributed by atoms with van der Waals surface area (Å²) in [5.41, 5.74) is 2.00. The molecular formula is C24H41NO2. The largest absolute Gasteiger partial charge is 0.396 e. The molecule has 27 heavy (non-hydrogen) atoms. The first-order valence-corrected chi connectivity index (χ1v) is 10.9. The third-order valence-electron chi connectivity index (χ3n) is 5.29. The molecule has 0 saturated carbocycles. The van der Waals surface area contributed by atoms with Crippen LogP contribution in [-0.2, 0) is 6.42 Å². The zero-order chi connectivity index (χ0) is 20.1. The van der Waals surface area contributed by atoms with Gasteiger partial charge in [0.25, 0.3) is 5.91 Å². The fourth-order valence-corrected chi connectivity index (χ4v) is 3.51. The minimum absolute atomic E-state index is 0.0606. The fraction of sp³-hybridized carbons (Fsp3) is 0.708. The highest BCUT2D eigenvalue weighted by Crippen LogP contribution is 2.21. The first-order chi connectivity index (χ1) is 12.9. The summed E-state index contributed by atoms with van der Waals surface area (Å²) in [4.78, 5) is 12.0. The predicted octanol–water partition coefficient (Wildman–Crippen LogP) is 5.61. The Labute approximate surface area is 167 Å². The molecule has 3 heteroatoms. The van der Waals surface area contributed by atoms with Crippen LogP contribution in [0.15, 0.2) is 24.3 Å². The quantitative estimate of drug-likeness (QED) is 0.415. The lowest BCUT2D eigenvalue weighted by atomic mass is 9.91. The van der Waals surface area contributed by atoms with Crippen LogP contribution in [-0.4, -0.2) is 24.2 Å². The van der Waals surface area contributed by atoms with Crippen molar-refractivity contribution in [2.24, 2.45) is 17.8 Å². The van der Waals surface area contributed by atoms with E-state index in [1.165, 1.54) is 44.1 Å². The average molecular weight is 376 g/mol. The van der Waals surface area contributed by atoms with Crippen LogP contribution >= 0.6 is 0 Å². The molecule has 3 nitrogen and oxygen atoms in total. The minimum atomic E-state index is -0.0606. The van der Waals surface area contributed by atoms with Gasteiger partial charge in [0, 0.05) is 18.7 Å². The van der Waals surface area contributed by atoms with E-state index < -0.39 is 0 Å². The Balaban J connectivity index is 2.26. The summed E-state index contributed by atoms with van der Waals surface area (Å²) in [5.74, 6) is 2.29. The summed E-state index contributed by atoms with van der Waals surface area (Å²) in [6.07, 6.45) is 9.70. The Morgan fingerprint density at radius 1 is 0.889 bits per heavy atom. The number of rotatable bonds is 14. The standard InChI is InChI=1S/C24H41NO2/c1-19(2)8-5-9-20(3)10-6-11-21(4)18-22-12-14-23(15-13-22)24(27)25-16-7-17-26/h12-15,19-21,26H,5-11,16-18H2,1-4H3,(H,25,27). The van der Waals surface area contributed by atoms with E-state index in [2.05, 4.69) is 45.1 Å². The van der Waals surface area contributed by atoms with Crippen molar-refractivity contribution in [3.8, 4) is 0 Å². The Bertz CT molecular complexity index is 510. The van der Waals surface area contributed by atoms with Crippen LogP contribution < -0.4 is 5.32 Å². The molecule has 1 rings (SSSR count). The van der Waals surface area contributed by atoms with Crippen molar-refractivity contribution in [1.29, 1.82) is 0 Å². The molecule has 0 saturated heterocycles. The highest BCUT2D eigenvalue weighted by Gasteiger charge is 2.09. The fourth-order valence-electron chi connectivity index (χ4n) is 3.51. The Morgan fingerprint density at radius 3 is 2.07 bits per heavy atom. The van der Waals surface area contributed by atoms with Crippen LogP contribution in [0.2, 0.25) is 0 Å². The Kier molecular flexibility index (Phi) is 12.1. The number of aliphatic hydroxyl groups is 1. The topological polar surface area (TPSA) is 49.3 Å². The van der Waals surface area contributed by atoms with Crippen molar-refractivity contribution in [3.63, 3.8) is 0 Å². The van der Waals surface area contributed by atoms with Crippen molar-refractivity contribution >= 4 is 5.91 Å². The summed E-state index contributed by atoms with van der Waals surface area (Å²) >= 11 is 0. The predicted molar refractivity (Wildman–Crippen MR) is 115 cm³/mol. The van der Waals surface area contributed by atoms with Gasteiger partial charge in [-0.1, -0.05) is 78.4 Å². The molecule has 0 aromatic heterocycles. The zero-order valence-electron chi connectivity index (χ0n) is 18.0. The highest BCUT2D eigenvalue weighted by atomic mass is 16.3. The first-order valence-electron chi connectivity index (χ1n) is 10.9. The van der Waals surface area contributed by atoms with Crippen LogP contribution in [0.3, 0.4) is 0 Å². The molecule has 2 unspecified atom stereocenters. The van der Waals surface area contributed by atoms with Crippen LogP contribution in [0.5, 0.6) is 0 Å². The molecular weight excluding hydrogens is 334 g/mol. The molecule has 0 aliphatic rings. The van der Waals surface area contributed by atoms with Gasteiger partial charge in [0.05, 0.1) is 0 Å². The van der Waals surface area contributed by atoms with Crippen LogP contribution in [0, 0.1) is 17.8 Å². The number of hydrogen-bond donors (Lipinski definition) is 2. The second-order valence-electron chi connectivity index (χ2n) is 8.70. The molecule has 0 heterocycles. The number of amides is 1. The van der Waals surface area contributed by atoms with E-state index in [4.69, 9.17) is 5.11 Å². The van der Waals surface area contributed by atoms with Crippen LogP contribution in [0.25, 0.3) is 0 Å². The Hall–Kier alpha value is -1.35. The lowest BCUT2D eigenvalue weighted by molar-refractivity contribution is 0.0951. The zero-order valence-corrected chi connectivity index (χ0v) is 18.0. The van der Waals surface area contributed by atoms with E-state index in [1.807, 2.05) is 12.1 Å². The highest BCUT2D eigenvalue weighted by molar-refractivity contribution is 5.94. The van der Waals surface area contributed by atoms with Gasteiger partial charge >= 0.3 is 0 Å². The van der Waals surface area contributed by atoms with Gasteiger partial charge in [-0.3, -0.25) is 4.79 Å². The molecule has 1 aromatic rings. The van der Waals surface area contributed by atoms with Crippen LogP contribution in [0.1, 0.15) is 88.6 Å². The third-order valence-corrected chi connectivity index (χ3v) is 5.29. The number of aliphatic hydroxyl groups excluding tert-OH is 1. The van der Waals surface area contributed by atoms with Gasteiger partial charge in [-0.2, -0.15) is 0 Å². The number of hydrogen-bond acceptors (Lipinski definition) is 2. The van der Waals surface area contributed by atoms with Crippen molar-refractivity contribution in [3.05, 3.63) is 35.4 Å². The summed E-state index contributed by atoms with van der Waals surface area (Å²) in [6.45, 7) is 9.97. The molecule has 0 radical (unpaired) electrons. The van der Waals surface area contributed by atoms with E-state index in [-0.39, 0.29) is 12.5 Å². The van der Waals surface area contributed by atoms with Gasteiger partial charge < -0.3 is 10.4 Å². The molecule has 0 bridgehead atoms. The third kappa shape index (κ3) is 11.2. The maximum Gasteiger partial charge on any atom is 0.251 e. The first kappa shape index (κ1) is 23.7. The molecule has 0 fully saturated rings. The molecule has 0 aliphatic carbocycles. The lowest BCUT2D eigenvalue weighted by Crippen LogP contribution is -2.24. The number of carbonyl (C=O) groups is 1. The molecule has 0 aliphatic heterocycles. The number of nitrogens with one attached hydrogen (secondary N) is 1. The van der Waals surface area contributed by atoms with Crippen molar-refractivity contribution < 1.29 is 9.90 Å². The lowest BCUT2D eigenvalue weighted by Gasteiger charge is -2.15. The molecule has 1 amide bonds. The minimum Gasteiger partial charge on any atom is -0.396 e. The van der Waals surface area contributed by atoms with Gasteiger partial charge in [-0.05, 0) is 48.3 Å². The maximum atomic E-state index is 12.0. The SMILES string of the molecule is CC(C)CCCC(C)CCCC(C)Cc1ccc(C(=O)NCCCO)cc1. The van der Waals surface area contributed by atoms with E-state index in [0.29, 0.717) is 24.4 Å². The normalized spacial score (nSPS) is 13.6. The molecule has 154 valence electrons. The van der Waals surface area contributed by atoms with E-state index in [0.717, 1.165) is 18.3 Å². The Morgan fingerprint density at radius 2 is 1.48 bits per heavy atom. The van der Waals surface area contributed by atoms with Gasteiger partial charge in [-0.25, -0.2) is 0 Å². The van der Waals surface area contributed by atoms with Gasteiger partial charge in [-0.15, -0.1) is 0 Å². The van der Waals surface area contributed by atoms with Gasteiger partial charge in [0.1, 0.15) is 0 Å². The second-order valence-corrected chi connectivity index (χ2v) is 8.70. The van der Waals surface area contributed by atoms with E-state index in [1.54, 1.807) is 0 Å². The molecule has 2 atom stereocenters. The second kappa shape index (κ2) is 13.8. The molecule has 0 spiro atoms. The summed E-state index contributed by atoms with van der Waals surface area (Å²) in [5, 5.41) is 11.6. The van der Waals surface area contributed by atoms with E-state index in [9.17, 15) is 4.79 Å². The van der Waals surface area contributed by atoms with Gasteiger partial charge in [0.15, 0.2) is 0 Å². The smallest absolute Gasteiger partial charge is 0.251 e. The maximum absolute atomic E-state index is 12.0. The number of carbonyl (C=O) groups excluding carboxylic acids is 1. The van der Waals surface area contributed by atoms with E-state index >= 15 is 0 Å². The van der Waals surface area contributed by atoms with Gasteiger partial charge in [0.2, 0.25) is 0 Å². The average Bonchev–Trinajstić information content (AvgIpc) is 2.62. The van der Waals surface area contributed by atoms with Crippen LogP contribution in [0.4, 0.5) is 0 Å². The number of benzene rings is 1. The summed E-state index contributed by atoms with van der Waals surface area (Å²) in [6, 6.07) is 7.97. The molecule has 1 aromatic carbocycles. The van der Waals surface area contributed by atoms with Crippen molar-refractivity contribution in [2.45, 2.75) is 79.1 Å². The summed E-state index contributed by atoms with van der Waals surface area (Å²) < 4.78 is 0. The summed E-state index contributed by atoms with van der Waals surface area (Å²) in [7, 11) is 0. The molecule has 2 N–H and O–H groups in total. The van der Waals surface area contributed by atoms with Crippen molar-refractivity contribution in [1.82, 2.24) is 5.32 Å².